The van der Waals surface area contributed by atoms with Crippen molar-refractivity contribution in [2.45, 2.75) is 33.6 Å². The summed E-state index contributed by atoms with van der Waals surface area (Å²) in [6.07, 6.45) is 1.47. The number of thiocarbonyl (C=S) groups is 1. The zero-order chi connectivity index (χ0) is 16.5. The van der Waals surface area contributed by atoms with Gasteiger partial charge in [0, 0.05) is 31.9 Å². The van der Waals surface area contributed by atoms with Crippen LogP contribution in [0.5, 0.6) is 0 Å². The first kappa shape index (κ1) is 16.7. The monoisotopic (exact) mass is 316 g/mol. The van der Waals surface area contributed by atoms with Crippen LogP contribution in [0.3, 0.4) is 0 Å². The standard InChI is InChI=1S/C18H24N2OS/c1-12-10-18(2,3)11-15(21)16(12)17(22)19-13-6-8-14(9-7-13)20(4)5/h6-9H,10-11H2,1-5H3,(H,19,22). The second-order valence-corrected chi connectivity index (χ2v) is 7.40. The molecule has 0 radical (unpaired) electrons. The number of anilines is 2. The topological polar surface area (TPSA) is 32.3 Å². The van der Waals surface area contributed by atoms with Gasteiger partial charge in [0.25, 0.3) is 0 Å². The minimum Gasteiger partial charge on any atom is -0.378 e. The van der Waals surface area contributed by atoms with E-state index in [4.69, 9.17) is 12.2 Å². The van der Waals surface area contributed by atoms with Crippen LogP contribution in [0.2, 0.25) is 0 Å². The summed E-state index contributed by atoms with van der Waals surface area (Å²) in [5.41, 5.74) is 3.86. The smallest absolute Gasteiger partial charge is 0.166 e. The molecule has 0 unspecified atom stereocenters. The number of hydrogen-bond donors (Lipinski definition) is 1. The Labute approximate surface area is 138 Å². The van der Waals surface area contributed by atoms with Crippen molar-refractivity contribution in [1.82, 2.24) is 0 Å². The highest BCUT2D eigenvalue weighted by molar-refractivity contribution is 7.81. The van der Waals surface area contributed by atoms with Crippen LogP contribution in [0.15, 0.2) is 35.4 Å². The van der Waals surface area contributed by atoms with E-state index in [9.17, 15) is 4.79 Å². The predicted molar refractivity (Wildman–Crippen MR) is 97.7 cm³/mol. The highest BCUT2D eigenvalue weighted by Gasteiger charge is 2.32. The Hall–Kier alpha value is -1.68. The Morgan fingerprint density at radius 1 is 1.18 bits per heavy atom. The van der Waals surface area contributed by atoms with Crippen LogP contribution in [0.25, 0.3) is 0 Å². The number of hydrogen-bond acceptors (Lipinski definition) is 3. The molecule has 1 aromatic carbocycles. The molecule has 1 aliphatic rings. The van der Waals surface area contributed by atoms with Crippen LogP contribution in [-0.4, -0.2) is 24.9 Å². The molecule has 4 heteroatoms. The lowest BCUT2D eigenvalue weighted by Gasteiger charge is -2.31. The number of carbonyl (C=O) groups excluding carboxylic acids is 1. The van der Waals surface area contributed by atoms with Crippen molar-refractivity contribution in [1.29, 1.82) is 0 Å². The zero-order valence-electron chi connectivity index (χ0n) is 14.0. The summed E-state index contributed by atoms with van der Waals surface area (Å²) in [5.74, 6) is 0.149. The fourth-order valence-electron chi connectivity index (χ4n) is 2.99. The second kappa shape index (κ2) is 6.21. The normalized spacial score (nSPS) is 17.4. The van der Waals surface area contributed by atoms with Gasteiger partial charge in [-0.15, -0.1) is 0 Å². The summed E-state index contributed by atoms with van der Waals surface area (Å²) in [5, 5.41) is 3.20. The van der Waals surface area contributed by atoms with Gasteiger partial charge in [-0.1, -0.05) is 31.6 Å². The molecule has 2 rings (SSSR count). The number of ketones is 1. The number of rotatable bonds is 3. The molecule has 3 nitrogen and oxygen atoms in total. The van der Waals surface area contributed by atoms with Gasteiger partial charge in [-0.2, -0.15) is 0 Å². The van der Waals surface area contributed by atoms with E-state index in [-0.39, 0.29) is 11.2 Å². The molecule has 0 aromatic heterocycles. The van der Waals surface area contributed by atoms with Crippen LogP contribution < -0.4 is 10.2 Å². The molecule has 0 atom stereocenters. The summed E-state index contributed by atoms with van der Waals surface area (Å²) in [7, 11) is 4.01. The Kier molecular flexibility index (Phi) is 4.71. The van der Waals surface area contributed by atoms with E-state index < -0.39 is 0 Å². The molecule has 0 saturated heterocycles. The largest absolute Gasteiger partial charge is 0.378 e. The van der Waals surface area contributed by atoms with E-state index in [2.05, 4.69) is 19.2 Å². The molecule has 118 valence electrons. The molecule has 0 aliphatic heterocycles. The molecule has 1 aromatic rings. The maximum absolute atomic E-state index is 12.4. The summed E-state index contributed by atoms with van der Waals surface area (Å²) in [4.78, 5) is 15.0. The van der Waals surface area contributed by atoms with E-state index in [1.165, 1.54) is 0 Å². The van der Waals surface area contributed by atoms with Crippen molar-refractivity contribution in [2.75, 3.05) is 24.3 Å². The lowest BCUT2D eigenvalue weighted by molar-refractivity contribution is -0.117. The third kappa shape index (κ3) is 3.74. The Morgan fingerprint density at radius 3 is 2.27 bits per heavy atom. The number of benzene rings is 1. The molecular weight excluding hydrogens is 292 g/mol. The maximum atomic E-state index is 12.4. The van der Waals surface area contributed by atoms with Gasteiger partial charge in [-0.3, -0.25) is 4.79 Å². The van der Waals surface area contributed by atoms with Gasteiger partial charge in [0.1, 0.15) is 4.99 Å². The highest BCUT2D eigenvalue weighted by atomic mass is 32.1. The summed E-state index contributed by atoms with van der Waals surface area (Å²) in [6.45, 7) is 6.26. The number of nitrogens with zero attached hydrogens (tertiary/aromatic N) is 1. The molecule has 0 amide bonds. The molecular formula is C18H24N2OS. The van der Waals surface area contributed by atoms with Crippen molar-refractivity contribution < 1.29 is 4.79 Å². The van der Waals surface area contributed by atoms with Crippen LogP contribution in [0.4, 0.5) is 11.4 Å². The number of Topliss-reactive ketones (excluding diaryl/α,β-unsaturated/α-hetero) is 1. The summed E-state index contributed by atoms with van der Waals surface area (Å²) >= 11 is 5.47. The molecule has 0 fully saturated rings. The number of nitrogens with one attached hydrogen (secondary N) is 1. The molecule has 1 aliphatic carbocycles. The van der Waals surface area contributed by atoms with E-state index in [0.717, 1.165) is 23.4 Å². The fourth-order valence-corrected chi connectivity index (χ4v) is 3.39. The summed E-state index contributed by atoms with van der Waals surface area (Å²) < 4.78 is 0. The van der Waals surface area contributed by atoms with Crippen LogP contribution in [0, 0.1) is 5.41 Å². The van der Waals surface area contributed by atoms with Gasteiger partial charge in [0.15, 0.2) is 5.78 Å². The lowest BCUT2D eigenvalue weighted by Crippen LogP contribution is -2.30. The van der Waals surface area contributed by atoms with Gasteiger partial charge in [-0.25, -0.2) is 0 Å². The SMILES string of the molecule is CC1=C(C(=S)Nc2ccc(N(C)C)cc2)C(=O)CC(C)(C)C1. The first-order valence-corrected chi connectivity index (χ1v) is 7.92. The first-order valence-electron chi connectivity index (χ1n) is 7.51. The van der Waals surface area contributed by atoms with E-state index in [0.29, 0.717) is 17.0 Å². The summed E-state index contributed by atoms with van der Waals surface area (Å²) in [6, 6.07) is 8.01. The molecule has 1 N–H and O–H groups in total. The van der Waals surface area contributed by atoms with E-state index in [1.54, 1.807) is 0 Å². The van der Waals surface area contributed by atoms with Gasteiger partial charge in [-0.05, 0) is 43.0 Å². The van der Waals surface area contributed by atoms with Crippen molar-refractivity contribution >= 4 is 34.4 Å². The zero-order valence-corrected chi connectivity index (χ0v) is 14.8. The number of carbonyl (C=O) groups is 1. The van der Waals surface area contributed by atoms with Crippen molar-refractivity contribution in [3.63, 3.8) is 0 Å². The highest BCUT2D eigenvalue weighted by Crippen LogP contribution is 2.37. The average molecular weight is 316 g/mol. The molecule has 0 heterocycles. The minimum atomic E-state index is 0.0354. The average Bonchev–Trinajstić information content (AvgIpc) is 2.36. The Balaban J connectivity index is 2.17. The lowest BCUT2D eigenvalue weighted by atomic mass is 9.74. The van der Waals surface area contributed by atoms with Crippen molar-refractivity contribution in [2.24, 2.45) is 5.41 Å². The van der Waals surface area contributed by atoms with Crippen LogP contribution in [-0.2, 0) is 4.79 Å². The van der Waals surface area contributed by atoms with Crippen LogP contribution >= 0.6 is 12.2 Å². The predicted octanol–water partition coefficient (Wildman–Crippen LogP) is 4.20. The first-order chi connectivity index (χ1) is 10.2. The van der Waals surface area contributed by atoms with E-state index in [1.807, 2.05) is 50.2 Å². The van der Waals surface area contributed by atoms with Gasteiger partial charge in [0.05, 0.1) is 5.57 Å². The quantitative estimate of drug-likeness (QED) is 0.847. The molecule has 0 saturated carbocycles. The minimum absolute atomic E-state index is 0.0354. The van der Waals surface area contributed by atoms with Crippen LogP contribution in [0.1, 0.15) is 33.6 Å². The molecule has 0 bridgehead atoms. The third-order valence-electron chi connectivity index (χ3n) is 3.96. The third-order valence-corrected chi connectivity index (χ3v) is 4.26. The van der Waals surface area contributed by atoms with Gasteiger partial charge < -0.3 is 10.2 Å². The Morgan fingerprint density at radius 2 is 1.77 bits per heavy atom. The van der Waals surface area contributed by atoms with Crippen molar-refractivity contribution in [3.05, 3.63) is 35.4 Å². The molecule has 22 heavy (non-hydrogen) atoms. The van der Waals surface area contributed by atoms with E-state index >= 15 is 0 Å². The maximum Gasteiger partial charge on any atom is 0.166 e. The molecule has 0 spiro atoms. The second-order valence-electron chi connectivity index (χ2n) is 6.99. The fraction of sp³-hybridized carbons (Fsp3) is 0.444. The van der Waals surface area contributed by atoms with Gasteiger partial charge >= 0.3 is 0 Å². The van der Waals surface area contributed by atoms with Gasteiger partial charge in [0.2, 0.25) is 0 Å². The number of allylic oxidation sites excluding steroid dienone is 1. The Bertz CT molecular complexity index is 627. The van der Waals surface area contributed by atoms with Crippen molar-refractivity contribution in [3.8, 4) is 0 Å².